The maximum atomic E-state index is 5.32. The van der Waals surface area contributed by atoms with Gasteiger partial charge in [-0.15, -0.1) is 0 Å². The summed E-state index contributed by atoms with van der Waals surface area (Å²) in [5.41, 5.74) is 0. The van der Waals surface area contributed by atoms with Crippen LogP contribution in [0.1, 0.15) is 12.8 Å². The van der Waals surface area contributed by atoms with Crippen molar-refractivity contribution < 1.29 is 4.74 Å². The lowest BCUT2D eigenvalue weighted by Gasteiger charge is -2.41. The third-order valence-corrected chi connectivity index (χ3v) is 2.22. The van der Waals surface area contributed by atoms with Crippen molar-refractivity contribution in [2.75, 3.05) is 33.0 Å². The highest BCUT2D eigenvalue weighted by Crippen LogP contribution is 2.12. The monoisotopic (exact) mass is 142 g/mol. The maximum Gasteiger partial charge on any atom is 0.112 e. The Morgan fingerprint density at radius 2 is 1.70 bits per heavy atom. The lowest BCUT2D eigenvalue weighted by molar-refractivity contribution is -0.170. The van der Waals surface area contributed by atoms with E-state index in [9.17, 15) is 0 Å². The van der Waals surface area contributed by atoms with E-state index in [-0.39, 0.29) is 0 Å². The molecule has 2 aliphatic rings. The van der Waals surface area contributed by atoms with E-state index in [1.165, 1.54) is 25.9 Å². The fourth-order valence-electron chi connectivity index (χ4n) is 1.61. The van der Waals surface area contributed by atoms with Crippen LogP contribution in [0.3, 0.4) is 0 Å². The normalized spacial score (nSPS) is 30.0. The molecule has 3 nitrogen and oxygen atoms in total. The molecule has 2 heterocycles. The molecule has 2 rings (SSSR count). The van der Waals surface area contributed by atoms with E-state index in [0.29, 0.717) is 0 Å². The molecule has 2 saturated heterocycles. The Labute approximate surface area is 61.5 Å². The summed E-state index contributed by atoms with van der Waals surface area (Å²) in [6.45, 7) is 5.26. The molecule has 0 spiro atoms. The summed E-state index contributed by atoms with van der Waals surface area (Å²) in [7, 11) is 0. The number of nitrogens with zero attached hydrogens (tertiary/aromatic N) is 2. The van der Waals surface area contributed by atoms with Gasteiger partial charge in [0.15, 0.2) is 0 Å². The first-order valence-electron chi connectivity index (χ1n) is 4.04. The number of hydrazine groups is 1. The fourth-order valence-corrected chi connectivity index (χ4v) is 1.61. The molecule has 0 amide bonds. The van der Waals surface area contributed by atoms with E-state index in [1.807, 2.05) is 0 Å². The van der Waals surface area contributed by atoms with Gasteiger partial charge in [-0.2, -0.15) is 0 Å². The number of ether oxygens (including phenoxy) is 1. The van der Waals surface area contributed by atoms with Crippen molar-refractivity contribution in [1.82, 2.24) is 10.0 Å². The summed E-state index contributed by atoms with van der Waals surface area (Å²) in [6, 6.07) is 0. The Balaban J connectivity index is 1.93. The van der Waals surface area contributed by atoms with Crippen molar-refractivity contribution in [3.05, 3.63) is 0 Å². The predicted molar refractivity (Wildman–Crippen MR) is 38.3 cm³/mol. The van der Waals surface area contributed by atoms with Crippen LogP contribution in [-0.2, 0) is 4.74 Å². The average molecular weight is 142 g/mol. The zero-order valence-electron chi connectivity index (χ0n) is 6.25. The zero-order chi connectivity index (χ0) is 6.81. The van der Waals surface area contributed by atoms with Crippen molar-refractivity contribution in [3.63, 3.8) is 0 Å². The van der Waals surface area contributed by atoms with Crippen LogP contribution in [0.25, 0.3) is 0 Å². The number of rotatable bonds is 0. The smallest absolute Gasteiger partial charge is 0.112 e. The molecular formula is C7H14N2O. The molecule has 0 bridgehead atoms. The van der Waals surface area contributed by atoms with Crippen molar-refractivity contribution in [2.24, 2.45) is 0 Å². The highest BCUT2D eigenvalue weighted by Gasteiger charge is 2.22. The molecule has 0 aromatic rings. The van der Waals surface area contributed by atoms with Gasteiger partial charge in [0.25, 0.3) is 0 Å². The summed E-state index contributed by atoms with van der Waals surface area (Å²) in [5, 5.41) is 4.72. The van der Waals surface area contributed by atoms with Gasteiger partial charge in [0, 0.05) is 19.6 Å². The van der Waals surface area contributed by atoms with Crippen molar-refractivity contribution in [2.45, 2.75) is 12.8 Å². The topological polar surface area (TPSA) is 15.7 Å². The molecule has 0 atom stereocenters. The SMILES string of the molecule is C1CCN2COCCN2C1. The van der Waals surface area contributed by atoms with Crippen molar-refractivity contribution in [1.29, 1.82) is 0 Å². The van der Waals surface area contributed by atoms with Gasteiger partial charge in [0.05, 0.1) is 6.61 Å². The molecular weight excluding hydrogens is 128 g/mol. The lowest BCUT2D eigenvalue weighted by Crippen LogP contribution is -2.52. The second-order valence-electron chi connectivity index (χ2n) is 2.93. The van der Waals surface area contributed by atoms with Crippen LogP contribution in [-0.4, -0.2) is 43.0 Å². The molecule has 0 aliphatic carbocycles. The molecule has 58 valence electrons. The maximum absolute atomic E-state index is 5.32. The Morgan fingerprint density at radius 3 is 2.50 bits per heavy atom. The average Bonchev–Trinajstić information content (AvgIpc) is 2.05. The molecule has 2 aliphatic heterocycles. The first kappa shape index (κ1) is 6.58. The highest BCUT2D eigenvalue weighted by atomic mass is 16.5. The van der Waals surface area contributed by atoms with Crippen LogP contribution < -0.4 is 0 Å². The van der Waals surface area contributed by atoms with Crippen LogP contribution in [0.5, 0.6) is 0 Å². The first-order valence-corrected chi connectivity index (χ1v) is 4.04. The van der Waals surface area contributed by atoms with Gasteiger partial charge in [0.2, 0.25) is 0 Å². The molecule has 2 fully saturated rings. The fraction of sp³-hybridized carbons (Fsp3) is 1.00. The van der Waals surface area contributed by atoms with Gasteiger partial charge in [-0.25, -0.2) is 10.0 Å². The van der Waals surface area contributed by atoms with Crippen LogP contribution in [0, 0.1) is 0 Å². The first-order chi connectivity index (χ1) is 4.97. The molecule has 0 unspecified atom stereocenters. The summed E-state index contributed by atoms with van der Waals surface area (Å²) in [5.74, 6) is 0. The Bertz CT molecular complexity index is 92.2. The Kier molecular flexibility index (Phi) is 1.88. The van der Waals surface area contributed by atoms with E-state index in [1.54, 1.807) is 0 Å². The summed E-state index contributed by atoms with van der Waals surface area (Å²) >= 11 is 0. The van der Waals surface area contributed by atoms with Crippen LogP contribution in [0.15, 0.2) is 0 Å². The molecule has 0 aromatic heterocycles. The second kappa shape index (κ2) is 2.86. The van der Waals surface area contributed by atoms with Gasteiger partial charge in [-0.1, -0.05) is 0 Å². The molecule has 10 heavy (non-hydrogen) atoms. The van der Waals surface area contributed by atoms with Crippen LogP contribution in [0.2, 0.25) is 0 Å². The van der Waals surface area contributed by atoms with Gasteiger partial charge >= 0.3 is 0 Å². The van der Waals surface area contributed by atoms with E-state index in [4.69, 9.17) is 4.74 Å². The largest absolute Gasteiger partial charge is 0.363 e. The highest BCUT2D eigenvalue weighted by molar-refractivity contribution is 4.65. The van der Waals surface area contributed by atoms with E-state index >= 15 is 0 Å². The van der Waals surface area contributed by atoms with E-state index in [0.717, 1.165) is 19.9 Å². The van der Waals surface area contributed by atoms with Gasteiger partial charge in [0.1, 0.15) is 6.73 Å². The number of hydrogen-bond donors (Lipinski definition) is 0. The van der Waals surface area contributed by atoms with Crippen molar-refractivity contribution >= 4 is 0 Å². The third-order valence-electron chi connectivity index (χ3n) is 2.22. The molecule has 0 N–H and O–H groups in total. The van der Waals surface area contributed by atoms with Gasteiger partial charge in [-0.3, -0.25) is 0 Å². The zero-order valence-corrected chi connectivity index (χ0v) is 6.25. The second-order valence-corrected chi connectivity index (χ2v) is 2.93. The molecule has 0 saturated carbocycles. The van der Waals surface area contributed by atoms with Crippen LogP contribution >= 0.6 is 0 Å². The summed E-state index contributed by atoms with van der Waals surface area (Å²) in [4.78, 5) is 0. The van der Waals surface area contributed by atoms with Crippen molar-refractivity contribution in [3.8, 4) is 0 Å². The number of fused-ring (bicyclic) bond motifs is 1. The van der Waals surface area contributed by atoms with Gasteiger partial charge < -0.3 is 4.74 Å². The summed E-state index contributed by atoms with van der Waals surface area (Å²) in [6.07, 6.45) is 2.69. The summed E-state index contributed by atoms with van der Waals surface area (Å²) < 4.78 is 5.32. The van der Waals surface area contributed by atoms with Crippen LogP contribution in [0.4, 0.5) is 0 Å². The third kappa shape index (κ3) is 1.17. The minimum absolute atomic E-state index is 0.819. The molecule has 0 aromatic carbocycles. The predicted octanol–water partition coefficient (Wildman–Crippen LogP) is 0.287. The molecule has 3 heteroatoms. The lowest BCUT2D eigenvalue weighted by atomic mass is 10.2. The van der Waals surface area contributed by atoms with Gasteiger partial charge in [-0.05, 0) is 12.8 Å². The quantitative estimate of drug-likeness (QED) is 0.483. The Hall–Kier alpha value is -0.120. The van der Waals surface area contributed by atoms with E-state index in [2.05, 4.69) is 10.0 Å². The minimum Gasteiger partial charge on any atom is -0.363 e. The standard InChI is InChI=1S/C7H14N2O/c1-2-4-9-7-10-6-5-8(9)3-1/h1-7H2. The van der Waals surface area contributed by atoms with E-state index < -0.39 is 0 Å². The molecule has 0 radical (unpaired) electrons. The minimum atomic E-state index is 0.819. The Morgan fingerprint density at radius 1 is 0.900 bits per heavy atom. The number of hydrogen-bond acceptors (Lipinski definition) is 3.